The van der Waals surface area contributed by atoms with E-state index in [0.29, 0.717) is 0 Å². The lowest BCUT2D eigenvalue weighted by Crippen LogP contribution is -2.22. The maximum atomic E-state index is 13.5. The molecule has 19 heavy (non-hydrogen) atoms. The summed E-state index contributed by atoms with van der Waals surface area (Å²) >= 11 is 0. The Bertz CT molecular complexity index is 546. The minimum atomic E-state index is -0.185. The summed E-state index contributed by atoms with van der Waals surface area (Å²) in [7, 11) is 0. The summed E-state index contributed by atoms with van der Waals surface area (Å²) in [6, 6.07) is 13.4. The smallest absolute Gasteiger partial charge is 0.123 e. The molecule has 1 unspecified atom stereocenters. The van der Waals surface area contributed by atoms with Crippen LogP contribution in [-0.2, 0) is 0 Å². The first kappa shape index (κ1) is 13.8. The van der Waals surface area contributed by atoms with Crippen molar-refractivity contribution in [2.75, 3.05) is 6.54 Å². The van der Waals surface area contributed by atoms with E-state index in [-0.39, 0.29) is 11.9 Å². The zero-order chi connectivity index (χ0) is 13.8. The molecule has 0 aliphatic carbocycles. The topological polar surface area (TPSA) is 12.0 Å². The first-order valence-electron chi connectivity index (χ1n) is 6.68. The van der Waals surface area contributed by atoms with E-state index in [1.165, 1.54) is 17.2 Å². The normalized spacial score (nSPS) is 12.4. The van der Waals surface area contributed by atoms with E-state index >= 15 is 0 Å². The quantitative estimate of drug-likeness (QED) is 0.868. The summed E-state index contributed by atoms with van der Waals surface area (Å²) < 4.78 is 13.5. The van der Waals surface area contributed by atoms with Crippen LogP contribution < -0.4 is 5.32 Å². The van der Waals surface area contributed by atoms with Crippen LogP contribution in [0.1, 0.15) is 35.2 Å². The number of benzene rings is 2. The first-order chi connectivity index (χ1) is 9.11. The van der Waals surface area contributed by atoms with Gasteiger partial charge in [-0.3, -0.25) is 0 Å². The third-order valence-electron chi connectivity index (χ3n) is 3.37. The van der Waals surface area contributed by atoms with Crippen molar-refractivity contribution in [1.82, 2.24) is 5.32 Å². The number of aryl methyl sites for hydroxylation is 2. The lowest BCUT2D eigenvalue weighted by molar-refractivity contribution is 0.600. The summed E-state index contributed by atoms with van der Waals surface area (Å²) in [6.07, 6.45) is 0. The van der Waals surface area contributed by atoms with Gasteiger partial charge in [0.05, 0.1) is 6.04 Å². The molecular formula is C17H20FN. The van der Waals surface area contributed by atoms with E-state index in [4.69, 9.17) is 0 Å². The molecule has 2 aromatic carbocycles. The van der Waals surface area contributed by atoms with Crippen LogP contribution in [0.3, 0.4) is 0 Å². The summed E-state index contributed by atoms with van der Waals surface area (Å²) in [4.78, 5) is 0. The molecule has 0 aliphatic rings. The lowest BCUT2D eigenvalue weighted by atomic mass is 9.94. The van der Waals surface area contributed by atoms with Gasteiger partial charge in [-0.25, -0.2) is 4.39 Å². The number of hydrogen-bond donors (Lipinski definition) is 1. The van der Waals surface area contributed by atoms with Crippen molar-refractivity contribution in [1.29, 1.82) is 0 Å². The van der Waals surface area contributed by atoms with Crippen LogP contribution in [0.5, 0.6) is 0 Å². The SMILES string of the molecule is CCNC(c1ccc(C)cc1)c1cc(F)ccc1C. The molecule has 1 N–H and O–H groups in total. The minimum absolute atomic E-state index is 0.0429. The third kappa shape index (κ3) is 3.21. The van der Waals surface area contributed by atoms with Crippen LogP contribution in [0, 0.1) is 19.7 Å². The van der Waals surface area contributed by atoms with Gasteiger partial charge in [0, 0.05) is 0 Å². The summed E-state index contributed by atoms with van der Waals surface area (Å²) in [5, 5.41) is 3.44. The standard InChI is InChI=1S/C17H20FN/c1-4-19-17(14-8-5-12(2)6-9-14)16-11-15(18)10-7-13(16)3/h5-11,17,19H,4H2,1-3H3. The van der Waals surface area contributed by atoms with Crippen molar-refractivity contribution in [2.24, 2.45) is 0 Å². The first-order valence-corrected chi connectivity index (χ1v) is 6.68. The predicted octanol–water partition coefficient (Wildman–Crippen LogP) is 4.14. The molecule has 0 aliphatic heterocycles. The van der Waals surface area contributed by atoms with Crippen molar-refractivity contribution in [2.45, 2.75) is 26.8 Å². The molecule has 1 atom stereocenters. The molecule has 0 amide bonds. The van der Waals surface area contributed by atoms with E-state index in [9.17, 15) is 4.39 Å². The average Bonchev–Trinajstić information content (AvgIpc) is 2.40. The van der Waals surface area contributed by atoms with Gasteiger partial charge in [-0.05, 0) is 49.2 Å². The van der Waals surface area contributed by atoms with Gasteiger partial charge in [-0.1, -0.05) is 42.8 Å². The van der Waals surface area contributed by atoms with Crippen molar-refractivity contribution in [3.63, 3.8) is 0 Å². The Morgan fingerprint density at radius 2 is 1.74 bits per heavy atom. The Morgan fingerprint density at radius 3 is 2.37 bits per heavy atom. The number of halogens is 1. The molecule has 1 nitrogen and oxygen atoms in total. The highest BCUT2D eigenvalue weighted by molar-refractivity contribution is 5.38. The summed E-state index contributed by atoms with van der Waals surface area (Å²) in [5.41, 5.74) is 4.51. The minimum Gasteiger partial charge on any atom is -0.307 e. The Morgan fingerprint density at radius 1 is 1.05 bits per heavy atom. The van der Waals surface area contributed by atoms with Gasteiger partial charge in [0.2, 0.25) is 0 Å². The Hall–Kier alpha value is -1.67. The van der Waals surface area contributed by atoms with Gasteiger partial charge in [0.25, 0.3) is 0 Å². The second kappa shape index (κ2) is 5.98. The second-order valence-electron chi connectivity index (χ2n) is 4.90. The van der Waals surface area contributed by atoms with Crippen molar-refractivity contribution in [3.8, 4) is 0 Å². The van der Waals surface area contributed by atoms with Crippen LogP contribution in [-0.4, -0.2) is 6.54 Å². The molecule has 0 heterocycles. The monoisotopic (exact) mass is 257 g/mol. The zero-order valence-corrected chi connectivity index (χ0v) is 11.7. The van der Waals surface area contributed by atoms with E-state index in [2.05, 4.69) is 43.4 Å². The van der Waals surface area contributed by atoms with Crippen LogP contribution in [0.2, 0.25) is 0 Å². The predicted molar refractivity (Wildman–Crippen MR) is 77.8 cm³/mol. The van der Waals surface area contributed by atoms with Crippen LogP contribution >= 0.6 is 0 Å². The molecule has 0 fully saturated rings. The van der Waals surface area contributed by atoms with Crippen molar-refractivity contribution >= 4 is 0 Å². The van der Waals surface area contributed by atoms with Crippen LogP contribution in [0.15, 0.2) is 42.5 Å². The van der Waals surface area contributed by atoms with E-state index in [0.717, 1.165) is 17.7 Å². The molecule has 2 heteroatoms. The summed E-state index contributed by atoms with van der Waals surface area (Å²) in [6.45, 7) is 7.00. The van der Waals surface area contributed by atoms with E-state index < -0.39 is 0 Å². The van der Waals surface area contributed by atoms with Gasteiger partial charge in [0.15, 0.2) is 0 Å². The summed E-state index contributed by atoms with van der Waals surface area (Å²) in [5.74, 6) is -0.185. The maximum absolute atomic E-state index is 13.5. The highest BCUT2D eigenvalue weighted by Crippen LogP contribution is 2.25. The molecule has 0 aromatic heterocycles. The number of rotatable bonds is 4. The average molecular weight is 257 g/mol. The molecule has 2 aromatic rings. The lowest BCUT2D eigenvalue weighted by Gasteiger charge is -2.21. The van der Waals surface area contributed by atoms with Gasteiger partial charge < -0.3 is 5.32 Å². The molecule has 0 bridgehead atoms. The van der Waals surface area contributed by atoms with Crippen LogP contribution in [0.25, 0.3) is 0 Å². The maximum Gasteiger partial charge on any atom is 0.123 e. The molecule has 100 valence electrons. The number of hydrogen-bond acceptors (Lipinski definition) is 1. The van der Waals surface area contributed by atoms with E-state index in [1.54, 1.807) is 6.07 Å². The Kier molecular flexibility index (Phi) is 4.33. The highest BCUT2D eigenvalue weighted by atomic mass is 19.1. The fraction of sp³-hybridized carbons (Fsp3) is 0.294. The Labute approximate surface area is 114 Å². The van der Waals surface area contributed by atoms with Gasteiger partial charge in [0.1, 0.15) is 5.82 Å². The largest absolute Gasteiger partial charge is 0.307 e. The Balaban J connectivity index is 2.44. The molecule has 0 spiro atoms. The van der Waals surface area contributed by atoms with Crippen molar-refractivity contribution < 1.29 is 4.39 Å². The molecular weight excluding hydrogens is 237 g/mol. The molecule has 2 rings (SSSR count). The van der Waals surface area contributed by atoms with Gasteiger partial charge in [-0.15, -0.1) is 0 Å². The van der Waals surface area contributed by atoms with Gasteiger partial charge >= 0.3 is 0 Å². The van der Waals surface area contributed by atoms with Gasteiger partial charge in [-0.2, -0.15) is 0 Å². The van der Waals surface area contributed by atoms with Crippen LogP contribution in [0.4, 0.5) is 4.39 Å². The molecule has 0 saturated carbocycles. The highest BCUT2D eigenvalue weighted by Gasteiger charge is 2.15. The third-order valence-corrected chi connectivity index (χ3v) is 3.37. The van der Waals surface area contributed by atoms with Crippen molar-refractivity contribution in [3.05, 3.63) is 70.5 Å². The fourth-order valence-electron chi connectivity index (χ4n) is 2.29. The van der Waals surface area contributed by atoms with E-state index in [1.807, 2.05) is 13.0 Å². The molecule has 0 saturated heterocycles. The molecule has 0 radical (unpaired) electrons. The number of nitrogens with one attached hydrogen (secondary N) is 1. The second-order valence-corrected chi connectivity index (χ2v) is 4.90. The zero-order valence-electron chi connectivity index (χ0n) is 11.7. The fourth-order valence-corrected chi connectivity index (χ4v) is 2.29.